The third-order valence-electron chi connectivity index (χ3n) is 4.49. The van der Waals surface area contributed by atoms with Crippen LogP contribution in [-0.2, 0) is 4.74 Å². The average Bonchev–Trinajstić information content (AvgIpc) is 2.55. The summed E-state index contributed by atoms with van der Waals surface area (Å²) < 4.78 is 5.60. The van der Waals surface area contributed by atoms with Crippen LogP contribution in [-0.4, -0.2) is 41.2 Å². The molecule has 0 aliphatic carbocycles. The fraction of sp³-hybridized carbons (Fsp3) is 0.700. The molecule has 140 valence electrons. The first-order valence-corrected chi connectivity index (χ1v) is 9.56. The van der Waals surface area contributed by atoms with Crippen LogP contribution in [0.15, 0.2) is 18.3 Å². The quantitative estimate of drug-likeness (QED) is 0.769. The van der Waals surface area contributed by atoms with Crippen LogP contribution in [0, 0.1) is 0 Å². The van der Waals surface area contributed by atoms with E-state index in [-0.39, 0.29) is 6.09 Å². The van der Waals surface area contributed by atoms with Crippen LogP contribution in [0.25, 0.3) is 0 Å². The van der Waals surface area contributed by atoms with Gasteiger partial charge in [0, 0.05) is 24.3 Å². The van der Waals surface area contributed by atoms with Crippen molar-refractivity contribution < 1.29 is 9.53 Å². The molecular formula is C20H33N3O2. The molecule has 0 spiro atoms. The fourth-order valence-corrected chi connectivity index (χ4v) is 3.48. The lowest BCUT2D eigenvalue weighted by Crippen LogP contribution is -2.39. The first-order chi connectivity index (χ1) is 11.9. The van der Waals surface area contributed by atoms with Gasteiger partial charge in [0.25, 0.3) is 0 Å². The maximum atomic E-state index is 12.7. The van der Waals surface area contributed by atoms with E-state index >= 15 is 0 Å². The highest BCUT2D eigenvalue weighted by Crippen LogP contribution is 2.35. The number of hydrogen-bond donors (Lipinski definition) is 0. The van der Waals surface area contributed by atoms with Crippen LogP contribution in [0.2, 0.25) is 0 Å². The normalized spacial score (nSPS) is 18.8. The van der Waals surface area contributed by atoms with Crippen molar-refractivity contribution in [3.63, 3.8) is 0 Å². The summed E-state index contributed by atoms with van der Waals surface area (Å²) in [4.78, 5) is 21.5. The van der Waals surface area contributed by atoms with Crippen LogP contribution < -0.4 is 4.90 Å². The van der Waals surface area contributed by atoms with E-state index < -0.39 is 5.60 Å². The summed E-state index contributed by atoms with van der Waals surface area (Å²) in [5, 5.41) is 0. The molecule has 5 nitrogen and oxygen atoms in total. The minimum absolute atomic E-state index is 0.326. The summed E-state index contributed by atoms with van der Waals surface area (Å²) in [5.41, 5.74) is 0.627. The van der Waals surface area contributed by atoms with Gasteiger partial charge in [-0.15, -0.1) is 0 Å². The minimum Gasteiger partial charge on any atom is -0.443 e. The monoisotopic (exact) mass is 347 g/mol. The second-order valence-electron chi connectivity index (χ2n) is 7.69. The van der Waals surface area contributed by atoms with E-state index in [4.69, 9.17) is 4.74 Å². The van der Waals surface area contributed by atoms with E-state index in [9.17, 15) is 4.79 Å². The molecule has 1 amide bonds. The standard InChI is InChI=1S/C20H33N3O2/c1-6-14-22-15-9-8-12-17(22)16-11-10-13-21-18(16)23(7-2)19(24)25-20(3,4)5/h10-11,13,17H,6-9,12,14-15H2,1-5H3/t17-/m0/s1. The number of ether oxygens (including phenoxy) is 1. The van der Waals surface area contributed by atoms with E-state index in [1.54, 1.807) is 11.1 Å². The minimum atomic E-state index is -0.515. The second-order valence-corrected chi connectivity index (χ2v) is 7.69. The van der Waals surface area contributed by atoms with Gasteiger partial charge in [-0.25, -0.2) is 9.78 Å². The zero-order valence-electron chi connectivity index (χ0n) is 16.4. The number of piperidine rings is 1. The Balaban J connectivity index is 2.33. The number of carbonyl (C=O) groups excluding carboxylic acids is 1. The molecule has 0 radical (unpaired) electrons. The van der Waals surface area contributed by atoms with E-state index in [0.717, 1.165) is 37.3 Å². The molecule has 1 aliphatic heterocycles. The molecule has 1 aromatic rings. The summed E-state index contributed by atoms with van der Waals surface area (Å²) in [5.74, 6) is 0.743. The summed E-state index contributed by atoms with van der Waals surface area (Å²) in [6.07, 6.45) is 6.15. The maximum absolute atomic E-state index is 12.7. The Morgan fingerprint density at radius 2 is 2.12 bits per heavy atom. The first kappa shape index (κ1) is 19.7. The highest BCUT2D eigenvalue weighted by Gasteiger charge is 2.30. The van der Waals surface area contributed by atoms with E-state index in [1.165, 1.54) is 12.8 Å². The van der Waals surface area contributed by atoms with Crippen molar-refractivity contribution in [3.05, 3.63) is 23.9 Å². The topological polar surface area (TPSA) is 45.7 Å². The van der Waals surface area contributed by atoms with Gasteiger partial charge in [0.15, 0.2) is 0 Å². The lowest BCUT2D eigenvalue weighted by atomic mass is 9.95. The van der Waals surface area contributed by atoms with Crippen molar-refractivity contribution in [2.24, 2.45) is 0 Å². The van der Waals surface area contributed by atoms with Crippen LogP contribution in [0.5, 0.6) is 0 Å². The van der Waals surface area contributed by atoms with Gasteiger partial charge < -0.3 is 4.74 Å². The molecule has 0 N–H and O–H groups in total. The molecule has 1 aliphatic rings. The number of aromatic nitrogens is 1. The molecule has 1 saturated heterocycles. The Morgan fingerprint density at radius 3 is 2.76 bits per heavy atom. The Kier molecular flexibility index (Phi) is 6.82. The molecule has 0 bridgehead atoms. The molecular weight excluding hydrogens is 314 g/mol. The van der Waals surface area contributed by atoms with E-state index in [1.807, 2.05) is 33.8 Å². The SMILES string of the molecule is CCCN1CCCC[C@H]1c1cccnc1N(CC)C(=O)OC(C)(C)C. The number of carbonyl (C=O) groups is 1. The van der Waals surface area contributed by atoms with Gasteiger partial charge in [-0.05, 0) is 66.1 Å². The zero-order chi connectivity index (χ0) is 18.4. The highest BCUT2D eigenvalue weighted by molar-refractivity contribution is 5.87. The Hall–Kier alpha value is -1.62. The lowest BCUT2D eigenvalue weighted by molar-refractivity contribution is 0.0580. The number of nitrogens with zero attached hydrogens (tertiary/aromatic N) is 3. The summed E-state index contributed by atoms with van der Waals surface area (Å²) in [6.45, 7) is 12.6. The number of hydrogen-bond acceptors (Lipinski definition) is 4. The largest absolute Gasteiger partial charge is 0.443 e. The van der Waals surface area contributed by atoms with Crippen molar-refractivity contribution >= 4 is 11.9 Å². The van der Waals surface area contributed by atoms with Crippen molar-refractivity contribution in [1.82, 2.24) is 9.88 Å². The predicted molar refractivity (Wildman–Crippen MR) is 102 cm³/mol. The van der Waals surface area contributed by atoms with Gasteiger partial charge in [0.1, 0.15) is 11.4 Å². The number of anilines is 1. The smallest absolute Gasteiger partial charge is 0.415 e. The highest BCUT2D eigenvalue weighted by atomic mass is 16.6. The van der Waals surface area contributed by atoms with Crippen LogP contribution in [0.4, 0.5) is 10.6 Å². The Bertz CT molecular complexity index is 566. The van der Waals surface area contributed by atoms with E-state index in [0.29, 0.717) is 12.6 Å². The van der Waals surface area contributed by atoms with Gasteiger partial charge in [0.2, 0.25) is 0 Å². The first-order valence-electron chi connectivity index (χ1n) is 9.56. The molecule has 1 fully saturated rings. The zero-order valence-corrected chi connectivity index (χ0v) is 16.4. The average molecular weight is 348 g/mol. The third-order valence-corrected chi connectivity index (χ3v) is 4.49. The molecule has 25 heavy (non-hydrogen) atoms. The van der Waals surface area contributed by atoms with Crippen LogP contribution >= 0.6 is 0 Å². The number of rotatable bonds is 5. The molecule has 2 heterocycles. The summed E-state index contributed by atoms with van der Waals surface area (Å²) >= 11 is 0. The van der Waals surface area contributed by atoms with Gasteiger partial charge in [0.05, 0.1) is 0 Å². The molecule has 0 aromatic carbocycles. The maximum Gasteiger partial charge on any atom is 0.415 e. The molecule has 0 unspecified atom stereocenters. The number of likely N-dealkylation sites (tertiary alicyclic amines) is 1. The summed E-state index contributed by atoms with van der Waals surface area (Å²) in [6, 6.07) is 4.42. The number of amides is 1. The molecule has 2 rings (SSSR count). The molecule has 0 saturated carbocycles. The van der Waals surface area contributed by atoms with Crippen molar-refractivity contribution in [1.29, 1.82) is 0 Å². The predicted octanol–water partition coefficient (Wildman–Crippen LogP) is 4.78. The van der Waals surface area contributed by atoms with Crippen molar-refractivity contribution in [3.8, 4) is 0 Å². The van der Waals surface area contributed by atoms with Crippen molar-refractivity contribution in [2.45, 2.75) is 71.9 Å². The molecule has 1 aromatic heterocycles. The van der Waals surface area contributed by atoms with E-state index in [2.05, 4.69) is 22.9 Å². The Labute approximate surface area is 152 Å². The number of pyridine rings is 1. The Morgan fingerprint density at radius 1 is 1.36 bits per heavy atom. The molecule has 1 atom stereocenters. The van der Waals surface area contributed by atoms with Gasteiger partial charge >= 0.3 is 6.09 Å². The third kappa shape index (κ3) is 5.18. The van der Waals surface area contributed by atoms with Gasteiger partial charge in [-0.1, -0.05) is 19.4 Å². The van der Waals surface area contributed by atoms with Gasteiger partial charge in [-0.2, -0.15) is 0 Å². The van der Waals surface area contributed by atoms with Crippen LogP contribution in [0.3, 0.4) is 0 Å². The lowest BCUT2D eigenvalue weighted by Gasteiger charge is -2.37. The van der Waals surface area contributed by atoms with Gasteiger partial charge in [-0.3, -0.25) is 9.80 Å². The second kappa shape index (κ2) is 8.65. The van der Waals surface area contributed by atoms with Crippen molar-refractivity contribution in [2.75, 3.05) is 24.5 Å². The van der Waals surface area contributed by atoms with Crippen LogP contribution in [0.1, 0.15) is 71.9 Å². The fourth-order valence-electron chi connectivity index (χ4n) is 3.48. The molecule has 5 heteroatoms. The summed E-state index contributed by atoms with van der Waals surface area (Å²) in [7, 11) is 0.